The summed E-state index contributed by atoms with van der Waals surface area (Å²) in [5.74, 6) is 0.813. The topological polar surface area (TPSA) is 26.8 Å². The first kappa shape index (κ1) is 18.0. The van der Waals surface area contributed by atoms with Crippen LogP contribution in [-0.4, -0.2) is 66.9 Å². The number of nitrogens with zero attached hydrogens (tertiary/aromatic N) is 3. The predicted molar refractivity (Wildman–Crippen MR) is 98.5 cm³/mol. The first-order valence-electron chi connectivity index (χ1n) is 8.53. The number of carbonyl (C=O) groups excluding carboxylic acids is 1. The molecule has 0 aromatic heterocycles. The Kier molecular flexibility index (Phi) is 5.70. The summed E-state index contributed by atoms with van der Waals surface area (Å²) in [4.78, 5) is 18.6. The fourth-order valence-electron chi connectivity index (χ4n) is 3.80. The average molecular weight is 370 g/mol. The highest BCUT2D eigenvalue weighted by atomic mass is 35.5. The van der Waals surface area contributed by atoms with Crippen LogP contribution in [0.4, 0.5) is 0 Å². The van der Waals surface area contributed by atoms with Gasteiger partial charge in [-0.1, -0.05) is 29.3 Å². The summed E-state index contributed by atoms with van der Waals surface area (Å²) in [6.45, 7) is 4.43. The summed E-state index contributed by atoms with van der Waals surface area (Å²) >= 11 is 12.4. The Morgan fingerprint density at radius 3 is 2.71 bits per heavy atom. The van der Waals surface area contributed by atoms with E-state index >= 15 is 0 Å². The molecule has 24 heavy (non-hydrogen) atoms. The number of halogens is 2. The van der Waals surface area contributed by atoms with Crippen LogP contribution in [0.25, 0.3) is 0 Å². The number of rotatable bonds is 4. The van der Waals surface area contributed by atoms with E-state index in [0.717, 1.165) is 36.8 Å². The second-order valence-corrected chi connectivity index (χ2v) is 8.09. The van der Waals surface area contributed by atoms with Gasteiger partial charge in [0.25, 0.3) is 0 Å². The smallest absolute Gasteiger partial charge is 0.236 e. The SMILES string of the molecule is CN(C)C(=O)CN1C[C@@H]2CC[C@H](C1)N(Cc1ccc(Cl)cc1Cl)C2. The zero-order chi connectivity index (χ0) is 17.3. The van der Waals surface area contributed by atoms with Gasteiger partial charge >= 0.3 is 0 Å². The van der Waals surface area contributed by atoms with Crippen molar-refractivity contribution in [2.24, 2.45) is 5.92 Å². The highest BCUT2D eigenvalue weighted by Gasteiger charge is 2.35. The lowest BCUT2D eigenvalue weighted by Crippen LogP contribution is -2.44. The maximum Gasteiger partial charge on any atom is 0.236 e. The van der Waals surface area contributed by atoms with Gasteiger partial charge < -0.3 is 4.90 Å². The van der Waals surface area contributed by atoms with Crippen molar-refractivity contribution in [2.75, 3.05) is 40.3 Å². The van der Waals surface area contributed by atoms with Gasteiger partial charge in [-0.05, 0) is 36.5 Å². The molecular formula is C18H25Cl2N3O. The van der Waals surface area contributed by atoms with E-state index in [1.54, 1.807) is 4.90 Å². The largest absolute Gasteiger partial charge is 0.348 e. The van der Waals surface area contributed by atoms with Crippen molar-refractivity contribution in [2.45, 2.75) is 25.4 Å². The average Bonchev–Trinajstić information content (AvgIpc) is 2.80. The fourth-order valence-corrected chi connectivity index (χ4v) is 4.27. The van der Waals surface area contributed by atoms with Gasteiger partial charge in [-0.25, -0.2) is 0 Å². The lowest BCUT2D eigenvalue weighted by molar-refractivity contribution is -0.130. The second kappa shape index (κ2) is 7.61. The van der Waals surface area contributed by atoms with Crippen LogP contribution in [0.5, 0.6) is 0 Å². The maximum atomic E-state index is 12.0. The molecule has 0 unspecified atom stereocenters. The van der Waals surface area contributed by atoms with E-state index in [0.29, 0.717) is 23.5 Å². The molecule has 1 aromatic carbocycles. The molecule has 3 heterocycles. The molecule has 2 atom stereocenters. The standard InChI is InChI=1S/C18H25Cl2N3O/c1-21(2)18(24)12-22-8-13-3-6-16(11-22)23(9-13)10-14-4-5-15(19)7-17(14)20/h4-5,7,13,16H,3,6,8-12H2,1-2H3/t13-,16+/m0/s1. The Morgan fingerprint density at radius 1 is 1.21 bits per heavy atom. The summed E-state index contributed by atoms with van der Waals surface area (Å²) < 4.78 is 0. The van der Waals surface area contributed by atoms with Crippen molar-refractivity contribution in [3.05, 3.63) is 33.8 Å². The molecule has 0 N–H and O–H groups in total. The Hall–Kier alpha value is -0.810. The van der Waals surface area contributed by atoms with Gasteiger partial charge in [0.1, 0.15) is 0 Å². The molecule has 0 radical (unpaired) electrons. The maximum absolute atomic E-state index is 12.0. The van der Waals surface area contributed by atoms with Gasteiger partial charge in [0.15, 0.2) is 0 Å². The third-order valence-electron chi connectivity index (χ3n) is 5.15. The van der Waals surface area contributed by atoms with Crippen molar-refractivity contribution >= 4 is 29.1 Å². The summed E-state index contributed by atoms with van der Waals surface area (Å²) in [6.07, 6.45) is 2.45. The summed E-state index contributed by atoms with van der Waals surface area (Å²) in [6, 6.07) is 6.24. The Morgan fingerprint density at radius 2 is 2.00 bits per heavy atom. The minimum absolute atomic E-state index is 0.184. The molecule has 4 rings (SSSR count). The van der Waals surface area contributed by atoms with Crippen LogP contribution in [-0.2, 0) is 11.3 Å². The third kappa shape index (κ3) is 4.23. The van der Waals surface area contributed by atoms with Gasteiger partial charge in [0.05, 0.1) is 6.54 Å². The van der Waals surface area contributed by atoms with E-state index < -0.39 is 0 Å². The van der Waals surface area contributed by atoms with Crippen LogP contribution in [0.1, 0.15) is 18.4 Å². The Bertz CT molecular complexity index is 608. The summed E-state index contributed by atoms with van der Waals surface area (Å²) in [5, 5.41) is 1.41. The van der Waals surface area contributed by atoms with E-state index in [2.05, 4.69) is 9.80 Å². The molecule has 3 saturated heterocycles. The van der Waals surface area contributed by atoms with Crippen molar-refractivity contribution in [1.29, 1.82) is 0 Å². The molecular weight excluding hydrogens is 345 g/mol. The minimum atomic E-state index is 0.184. The quantitative estimate of drug-likeness (QED) is 0.815. The van der Waals surface area contributed by atoms with E-state index in [-0.39, 0.29) is 5.91 Å². The molecule has 0 aliphatic carbocycles. The molecule has 132 valence electrons. The monoisotopic (exact) mass is 369 g/mol. The summed E-state index contributed by atoms with van der Waals surface area (Å²) in [5.41, 5.74) is 1.13. The molecule has 0 spiro atoms. The predicted octanol–water partition coefficient (Wildman–Crippen LogP) is 2.98. The van der Waals surface area contributed by atoms with Gasteiger partial charge in [-0.15, -0.1) is 0 Å². The third-order valence-corrected chi connectivity index (χ3v) is 5.74. The van der Waals surface area contributed by atoms with E-state index in [9.17, 15) is 4.79 Å². The van der Waals surface area contributed by atoms with E-state index in [1.807, 2.05) is 32.3 Å². The lowest BCUT2D eigenvalue weighted by Gasteiger charge is -2.36. The number of likely N-dealkylation sites (N-methyl/N-ethyl adjacent to an activating group) is 1. The van der Waals surface area contributed by atoms with Crippen LogP contribution in [0.15, 0.2) is 18.2 Å². The van der Waals surface area contributed by atoms with E-state index in [1.165, 1.54) is 12.8 Å². The van der Waals surface area contributed by atoms with Crippen molar-refractivity contribution in [3.8, 4) is 0 Å². The lowest BCUT2D eigenvalue weighted by atomic mass is 9.94. The van der Waals surface area contributed by atoms with Gasteiger partial charge in [-0.2, -0.15) is 0 Å². The number of piperidine rings is 1. The number of hydrogen-bond acceptors (Lipinski definition) is 3. The molecule has 6 heteroatoms. The highest BCUT2D eigenvalue weighted by molar-refractivity contribution is 6.35. The number of benzene rings is 1. The fraction of sp³-hybridized carbons (Fsp3) is 0.611. The first-order valence-corrected chi connectivity index (χ1v) is 9.28. The minimum Gasteiger partial charge on any atom is -0.348 e. The Labute approximate surface area is 154 Å². The molecule has 3 aliphatic heterocycles. The van der Waals surface area contributed by atoms with Crippen LogP contribution in [0, 0.1) is 5.92 Å². The van der Waals surface area contributed by atoms with Crippen LogP contribution < -0.4 is 0 Å². The molecule has 1 amide bonds. The van der Waals surface area contributed by atoms with Crippen molar-refractivity contribution < 1.29 is 4.79 Å². The van der Waals surface area contributed by atoms with Gasteiger partial charge in [0, 0.05) is 56.4 Å². The molecule has 2 bridgehead atoms. The van der Waals surface area contributed by atoms with Crippen LogP contribution in [0.3, 0.4) is 0 Å². The molecule has 4 nitrogen and oxygen atoms in total. The second-order valence-electron chi connectivity index (χ2n) is 7.24. The molecule has 3 aliphatic rings. The van der Waals surface area contributed by atoms with Gasteiger partial charge in [0.2, 0.25) is 5.91 Å². The van der Waals surface area contributed by atoms with Crippen LogP contribution in [0.2, 0.25) is 10.0 Å². The zero-order valence-corrected chi connectivity index (χ0v) is 15.9. The van der Waals surface area contributed by atoms with Gasteiger partial charge in [-0.3, -0.25) is 14.6 Å². The molecule has 0 saturated carbocycles. The Balaban J connectivity index is 1.68. The number of carbonyl (C=O) groups is 1. The number of amides is 1. The van der Waals surface area contributed by atoms with Crippen molar-refractivity contribution in [1.82, 2.24) is 14.7 Å². The normalized spacial score (nSPS) is 24.8. The van der Waals surface area contributed by atoms with Crippen molar-refractivity contribution in [3.63, 3.8) is 0 Å². The highest BCUT2D eigenvalue weighted by Crippen LogP contribution is 2.31. The summed E-state index contributed by atoms with van der Waals surface area (Å²) in [7, 11) is 3.65. The zero-order valence-electron chi connectivity index (χ0n) is 14.3. The number of hydrogen-bond donors (Lipinski definition) is 0. The van der Waals surface area contributed by atoms with Crippen LogP contribution >= 0.6 is 23.2 Å². The van der Waals surface area contributed by atoms with E-state index in [4.69, 9.17) is 23.2 Å². The molecule has 1 aromatic rings. The molecule has 3 fully saturated rings. The number of fused-ring (bicyclic) bond motifs is 4. The first-order chi connectivity index (χ1) is 11.4.